The molecule has 0 heterocycles. The van der Waals surface area contributed by atoms with E-state index in [0.717, 1.165) is 5.92 Å². The van der Waals surface area contributed by atoms with E-state index in [2.05, 4.69) is 20.8 Å². The van der Waals surface area contributed by atoms with Gasteiger partial charge in [0, 0.05) is 0 Å². The summed E-state index contributed by atoms with van der Waals surface area (Å²) in [6, 6.07) is 0. The topological polar surface area (TPSA) is 0 Å². The van der Waals surface area contributed by atoms with Crippen LogP contribution in [0.3, 0.4) is 0 Å². The Labute approximate surface area is 346 Å². The van der Waals surface area contributed by atoms with E-state index in [4.69, 9.17) is 0 Å². The molecule has 54 heavy (non-hydrogen) atoms. The second-order valence-corrected chi connectivity index (χ2v) is 18.9. The van der Waals surface area contributed by atoms with Gasteiger partial charge in [0.15, 0.2) is 0 Å². The van der Waals surface area contributed by atoms with Gasteiger partial charge in [-0.15, -0.1) is 0 Å². The molecule has 0 saturated heterocycles. The van der Waals surface area contributed by atoms with Crippen LogP contribution in [0.5, 0.6) is 0 Å². The van der Waals surface area contributed by atoms with Crippen LogP contribution in [0.15, 0.2) is 0 Å². The van der Waals surface area contributed by atoms with E-state index in [1.54, 1.807) is 0 Å². The van der Waals surface area contributed by atoms with Crippen LogP contribution in [0, 0.1) is 5.92 Å². The molecule has 0 heteroatoms. The van der Waals surface area contributed by atoms with Gasteiger partial charge in [0.25, 0.3) is 0 Å². The summed E-state index contributed by atoms with van der Waals surface area (Å²) >= 11 is 0. The molecule has 0 fully saturated rings. The Morgan fingerprint density at radius 2 is 0.278 bits per heavy atom. The molecule has 0 aromatic carbocycles. The largest absolute Gasteiger partial charge is 0.0654 e. The van der Waals surface area contributed by atoms with Gasteiger partial charge in [-0.25, -0.2) is 0 Å². The van der Waals surface area contributed by atoms with Gasteiger partial charge < -0.3 is 0 Å². The average molecular weight is 759 g/mol. The van der Waals surface area contributed by atoms with E-state index in [9.17, 15) is 0 Å². The van der Waals surface area contributed by atoms with Crippen LogP contribution < -0.4 is 0 Å². The van der Waals surface area contributed by atoms with Gasteiger partial charge >= 0.3 is 0 Å². The fraction of sp³-hybridized carbons (Fsp3) is 1.00. The van der Waals surface area contributed by atoms with Crippen molar-refractivity contribution in [1.29, 1.82) is 0 Å². The van der Waals surface area contributed by atoms with Crippen LogP contribution in [-0.2, 0) is 0 Å². The zero-order valence-electron chi connectivity index (χ0n) is 38.9. The molecular weight excluding hydrogens is 649 g/mol. The van der Waals surface area contributed by atoms with Crippen molar-refractivity contribution in [2.24, 2.45) is 5.92 Å². The normalized spacial score (nSPS) is 12.3. The summed E-state index contributed by atoms with van der Waals surface area (Å²) in [5, 5.41) is 0. The number of hydrogen-bond donors (Lipinski definition) is 0. The monoisotopic (exact) mass is 759 g/mol. The van der Waals surface area contributed by atoms with Gasteiger partial charge in [0.1, 0.15) is 0 Å². The fourth-order valence-electron chi connectivity index (χ4n) is 9.05. The summed E-state index contributed by atoms with van der Waals surface area (Å²) in [6.45, 7) is 7.14. The molecule has 1 unspecified atom stereocenters. The molecule has 326 valence electrons. The van der Waals surface area contributed by atoms with Crippen LogP contribution in [0.4, 0.5) is 0 Å². The van der Waals surface area contributed by atoms with Crippen LogP contribution in [0.2, 0.25) is 0 Å². The second kappa shape index (κ2) is 51.0. The molecule has 0 aliphatic heterocycles. The first-order chi connectivity index (χ1) is 26.8. The van der Waals surface area contributed by atoms with Gasteiger partial charge in [-0.2, -0.15) is 0 Å². The van der Waals surface area contributed by atoms with Crippen molar-refractivity contribution >= 4 is 0 Å². The third kappa shape index (κ3) is 50.0. The Morgan fingerprint density at radius 1 is 0.167 bits per heavy atom. The summed E-state index contributed by atoms with van der Waals surface area (Å²) < 4.78 is 0. The van der Waals surface area contributed by atoms with E-state index >= 15 is 0 Å². The quantitative estimate of drug-likeness (QED) is 0.0542. The molecule has 0 saturated carbocycles. The van der Waals surface area contributed by atoms with Gasteiger partial charge in [-0.3, -0.25) is 0 Å². The third-order valence-corrected chi connectivity index (χ3v) is 13.1. The smallest absolute Gasteiger partial charge is 0.0443 e. The van der Waals surface area contributed by atoms with E-state index in [1.807, 2.05) is 0 Å². The van der Waals surface area contributed by atoms with Crippen molar-refractivity contribution < 1.29 is 0 Å². The van der Waals surface area contributed by atoms with E-state index in [-0.39, 0.29) is 0 Å². The maximum Gasteiger partial charge on any atom is -0.0443 e. The minimum Gasteiger partial charge on any atom is -0.0654 e. The highest BCUT2D eigenvalue weighted by atomic mass is 14.1. The summed E-state index contributed by atoms with van der Waals surface area (Å²) in [4.78, 5) is 0. The lowest BCUT2D eigenvalue weighted by Gasteiger charge is -2.11. The highest BCUT2D eigenvalue weighted by Crippen LogP contribution is 2.21. The Bertz CT molecular complexity index is 607. The Hall–Kier alpha value is 0. The van der Waals surface area contributed by atoms with E-state index in [1.165, 1.54) is 321 Å². The van der Waals surface area contributed by atoms with Crippen LogP contribution in [0.1, 0.15) is 342 Å². The molecule has 0 aromatic heterocycles. The number of rotatable bonds is 50. The van der Waals surface area contributed by atoms with Crippen LogP contribution >= 0.6 is 0 Å². The Morgan fingerprint density at radius 3 is 0.407 bits per heavy atom. The molecule has 0 aliphatic carbocycles. The lowest BCUT2D eigenvalue weighted by Crippen LogP contribution is -1.95. The van der Waals surface area contributed by atoms with Gasteiger partial charge in [-0.05, 0) is 5.92 Å². The molecule has 0 N–H and O–H groups in total. The van der Waals surface area contributed by atoms with E-state index < -0.39 is 0 Å². The highest BCUT2D eigenvalue weighted by molar-refractivity contribution is 4.57. The van der Waals surface area contributed by atoms with Crippen molar-refractivity contribution in [1.82, 2.24) is 0 Å². The molecule has 0 aromatic rings. The zero-order chi connectivity index (χ0) is 38.9. The lowest BCUT2D eigenvalue weighted by molar-refractivity contribution is 0.429. The van der Waals surface area contributed by atoms with Gasteiger partial charge in [0.2, 0.25) is 0 Å². The first kappa shape index (κ1) is 54.0. The Balaban J connectivity index is 3.11. The molecule has 0 bridgehead atoms. The molecule has 0 aliphatic rings. The summed E-state index contributed by atoms with van der Waals surface area (Å²) in [6.07, 6.45) is 74.2. The number of hydrogen-bond acceptors (Lipinski definition) is 0. The summed E-state index contributed by atoms with van der Waals surface area (Å²) in [5.41, 5.74) is 0. The van der Waals surface area contributed by atoms with Crippen molar-refractivity contribution in [2.45, 2.75) is 342 Å². The average Bonchev–Trinajstić information content (AvgIpc) is 3.18. The Kier molecular flexibility index (Phi) is 51.0. The summed E-state index contributed by atoms with van der Waals surface area (Å²) in [5.74, 6) is 0.964. The van der Waals surface area contributed by atoms with Gasteiger partial charge in [-0.1, -0.05) is 342 Å². The predicted molar refractivity (Wildman–Crippen MR) is 251 cm³/mol. The molecular formula is C54H110. The highest BCUT2D eigenvalue weighted by Gasteiger charge is 2.03. The van der Waals surface area contributed by atoms with E-state index in [0.29, 0.717) is 0 Å². The van der Waals surface area contributed by atoms with Crippen molar-refractivity contribution in [3.63, 3.8) is 0 Å². The van der Waals surface area contributed by atoms with Crippen LogP contribution in [-0.4, -0.2) is 0 Å². The van der Waals surface area contributed by atoms with Crippen molar-refractivity contribution in [3.05, 3.63) is 0 Å². The molecule has 0 spiro atoms. The SMILES string of the molecule is CCCCCCCCCCCCCCCCCCCCCCCCCCCCCCCCCCCCCCC(C)CCCCCCCCCCCCCC. The predicted octanol–water partition coefficient (Wildman–Crippen LogP) is 21.2. The summed E-state index contributed by atoms with van der Waals surface area (Å²) in [7, 11) is 0. The minimum atomic E-state index is 0.964. The lowest BCUT2D eigenvalue weighted by atomic mass is 9.95. The standard InChI is InChI=1S/C54H110/c1-4-6-8-10-12-14-16-18-19-20-21-22-23-24-25-26-27-28-29-30-31-32-33-34-35-36-37-38-39-40-41-43-45-47-49-51-53-54(3)52-50-48-46-44-42-17-15-13-11-9-7-5-2/h54H,4-53H2,1-3H3. The third-order valence-electron chi connectivity index (χ3n) is 13.1. The van der Waals surface area contributed by atoms with Crippen LogP contribution in [0.25, 0.3) is 0 Å². The molecule has 0 radical (unpaired) electrons. The maximum atomic E-state index is 2.52. The van der Waals surface area contributed by atoms with Gasteiger partial charge in [0.05, 0.1) is 0 Å². The minimum absolute atomic E-state index is 0.964. The first-order valence-electron chi connectivity index (χ1n) is 26.8. The molecule has 0 nitrogen and oxygen atoms in total. The molecule has 1 atom stereocenters. The number of unbranched alkanes of at least 4 members (excludes halogenated alkanes) is 46. The fourth-order valence-corrected chi connectivity index (χ4v) is 9.05. The first-order valence-corrected chi connectivity index (χ1v) is 26.8. The molecule has 0 amide bonds. The van der Waals surface area contributed by atoms with Crippen molar-refractivity contribution in [3.8, 4) is 0 Å². The maximum absolute atomic E-state index is 2.52. The van der Waals surface area contributed by atoms with Crippen molar-refractivity contribution in [2.75, 3.05) is 0 Å². The second-order valence-electron chi connectivity index (χ2n) is 18.9. The zero-order valence-corrected chi connectivity index (χ0v) is 38.9. The molecule has 0 rings (SSSR count).